The zero-order chi connectivity index (χ0) is 13.1. The Bertz CT molecular complexity index is 418. The number of rotatable bonds is 3. The van der Waals surface area contributed by atoms with E-state index in [1.165, 1.54) is 18.4 Å². The summed E-state index contributed by atoms with van der Waals surface area (Å²) in [6, 6.07) is 10.8. The summed E-state index contributed by atoms with van der Waals surface area (Å²) in [5.74, 6) is 1.01. The molecule has 2 fully saturated rings. The summed E-state index contributed by atoms with van der Waals surface area (Å²) in [6.45, 7) is 3.00. The first-order valence-corrected chi connectivity index (χ1v) is 7.38. The number of nitrogens with zero attached hydrogens (tertiary/aromatic N) is 1. The van der Waals surface area contributed by atoms with E-state index in [2.05, 4.69) is 22.3 Å². The molecule has 0 bridgehead atoms. The van der Waals surface area contributed by atoms with Crippen molar-refractivity contribution in [2.24, 2.45) is 5.92 Å². The van der Waals surface area contributed by atoms with Crippen LogP contribution < -0.4 is 5.32 Å². The molecule has 2 aliphatic rings. The van der Waals surface area contributed by atoms with Gasteiger partial charge >= 0.3 is 0 Å². The Morgan fingerprint density at radius 3 is 2.89 bits per heavy atom. The molecule has 1 aromatic carbocycles. The molecule has 2 aliphatic heterocycles. The number of likely N-dealkylation sites (tertiary alicyclic amines) is 1. The highest BCUT2D eigenvalue weighted by atomic mass is 16.2. The lowest BCUT2D eigenvalue weighted by atomic mass is 9.94. The normalized spacial score (nSPS) is 26.2. The fourth-order valence-electron chi connectivity index (χ4n) is 3.30. The lowest BCUT2D eigenvalue weighted by molar-refractivity contribution is -0.130. The molecule has 1 aromatic rings. The van der Waals surface area contributed by atoms with Crippen molar-refractivity contribution in [1.82, 2.24) is 10.2 Å². The predicted octanol–water partition coefficient (Wildman–Crippen LogP) is 1.83. The van der Waals surface area contributed by atoms with Crippen LogP contribution in [-0.2, 0) is 11.2 Å². The molecule has 102 valence electrons. The van der Waals surface area contributed by atoms with E-state index < -0.39 is 0 Å². The van der Waals surface area contributed by atoms with Crippen LogP contribution in [0.25, 0.3) is 0 Å². The Balaban J connectivity index is 1.51. The maximum absolute atomic E-state index is 12.3. The van der Waals surface area contributed by atoms with Crippen LogP contribution in [0.15, 0.2) is 30.3 Å². The molecule has 3 nitrogen and oxygen atoms in total. The Hall–Kier alpha value is -1.35. The van der Waals surface area contributed by atoms with Gasteiger partial charge in [-0.3, -0.25) is 4.79 Å². The van der Waals surface area contributed by atoms with E-state index in [9.17, 15) is 4.79 Å². The lowest BCUT2D eigenvalue weighted by Crippen LogP contribution is -2.41. The highest BCUT2D eigenvalue weighted by Gasteiger charge is 2.35. The maximum Gasteiger partial charge on any atom is 0.222 e. The fraction of sp³-hybridized carbons (Fsp3) is 0.562. The Kier molecular flexibility index (Phi) is 3.83. The summed E-state index contributed by atoms with van der Waals surface area (Å²) < 4.78 is 0. The zero-order valence-electron chi connectivity index (χ0n) is 11.3. The molecule has 2 heterocycles. The Labute approximate surface area is 115 Å². The summed E-state index contributed by atoms with van der Waals surface area (Å²) in [5, 5.41) is 3.55. The first-order valence-electron chi connectivity index (χ1n) is 7.38. The number of carbonyl (C=O) groups is 1. The minimum absolute atomic E-state index is 0.319. The van der Waals surface area contributed by atoms with Crippen molar-refractivity contribution < 1.29 is 4.79 Å². The number of carbonyl (C=O) groups excluding carboxylic acids is 1. The minimum Gasteiger partial charge on any atom is -0.341 e. The van der Waals surface area contributed by atoms with Crippen LogP contribution in [0.2, 0.25) is 0 Å². The number of hydrogen-bond donors (Lipinski definition) is 1. The van der Waals surface area contributed by atoms with Crippen LogP contribution in [0.1, 0.15) is 24.8 Å². The predicted molar refractivity (Wildman–Crippen MR) is 75.9 cm³/mol. The zero-order valence-corrected chi connectivity index (χ0v) is 11.3. The van der Waals surface area contributed by atoms with Gasteiger partial charge in [0.2, 0.25) is 5.91 Å². The van der Waals surface area contributed by atoms with Crippen LogP contribution in [0.3, 0.4) is 0 Å². The second-order valence-corrected chi connectivity index (χ2v) is 5.75. The highest BCUT2D eigenvalue weighted by Crippen LogP contribution is 2.25. The first kappa shape index (κ1) is 12.7. The Morgan fingerprint density at radius 1 is 1.26 bits per heavy atom. The van der Waals surface area contributed by atoms with Gasteiger partial charge in [0.1, 0.15) is 0 Å². The van der Waals surface area contributed by atoms with E-state index in [0.717, 1.165) is 26.1 Å². The van der Waals surface area contributed by atoms with Crippen molar-refractivity contribution in [1.29, 1.82) is 0 Å². The molecule has 0 saturated carbocycles. The largest absolute Gasteiger partial charge is 0.341 e. The van der Waals surface area contributed by atoms with E-state index in [1.807, 2.05) is 18.2 Å². The average Bonchev–Trinajstić information content (AvgIpc) is 2.90. The Morgan fingerprint density at radius 2 is 2.11 bits per heavy atom. The summed E-state index contributed by atoms with van der Waals surface area (Å²) in [4.78, 5) is 14.3. The molecule has 0 aliphatic carbocycles. The van der Waals surface area contributed by atoms with Gasteiger partial charge in [0.15, 0.2) is 0 Å². The second kappa shape index (κ2) is 5.74. The van der Waals surface area contributed by atoms with Gasteiger partial charge in [-0.05, 0) is 37.3 Å². The number of benzene rings is 1. The van der Waals surface area contributed by atoms with Crippen molar-refractivity contribution in [2.75, 3.05) is 19.6 Å². The van der Waals surface area contributed by atoms with Gasteiger partial charge in [0.05, 0.1) is 0 Å². The molecule has 1 amide bonds. The first-order chi connectivity index (χ1) is 9.33. The molecule has 1 N–H and O–H groups in total. The average molecular weight is 258 g/mol. The van der Waals surface area contributed by atoms with Crippen LogP contribution in [0.5, 0.6) is 0 Å². The summed E-state index contributed by atoms with van der Waals surface area (Å²) in [7, 11) is 0. The second-order valence-electron chi connectivity index (χ2n) is 5.75. The van der Waals surface area contributed by atoms with Gasteiger partial charge in [0, 0.05) is 25.6 Å². The molecule has 0 aromatic heterocycles. The lowest BCUT2D eigenvalue weighted by Gasteiger charge is -2.24. The number of amides is 1. The number of fused-ring (bicyclic) bond motifs is 1. The number of hydrogen-bond acceptors (Lipinski definition) is 2. The quantitative estimate of drug-likeness (QED) is 0.897. The van der Waals surface area contributed by atoms with Gasteiger partial charge in [-0.1, -0.05) is 30.3 Å². The standard InChI is InChI=1S/C16H22N2O/c19-16(9-8-13-5-2-1-3-6-13)18-11-14-7-4-10-17-15(14)12-18/h1-3,5-6,14-15,17H,4,7-12H2. The summed E-state index contributed by atoms with van der Waals surface area (Å²) >= 11 is 0. The maximum atomic E-state index is 12.3. The molecular weight excluding hydrogens is 236 g/mol. The topological polar surface area (TPSA) is 32.3 Å². The van der Waals surface area contributed by atoms with Crippen molar-refractivity contribution in [3.05, 3.63) is 35.9 Å². The molecule has 2 unspecified atom stereocenters. The molecule has 2 saturated heterocycles. The fourth-order valence-corrected chi connectivity index (χ4v) is 3.30. The van der Waals surface area contributed by atoms with E-state index in [4.69, 9.17) is 0 Å². The molecule has 0 radical (unpaired) electrons. The van der Waals surface area contributed by atoms with Crippen LogP contribution in [-0.4, -0.2) is 36.5 Å². The smallest absolute Gasteiger partial charge is 0.222 e. The van der Waals surface area contributed by atoms with Crippen molar-refractivity contribution >= 4 is 5.91 Å². The molecular formula is C16H22N2O. The molecule has 19 heavy (non-hydrogen) atoms. The molecule has 3 rings (SSSR count). The van der Waals surface area contributed by atoms with E-state index in [-0.39, 0.29) is 0 Å². The van der Waals surface area contributed by atoms with E-state index in [0.29, 0.717) is 24.3 Å². The third-order valence-electron chi connectivity index (χ3n) is 4.42. The van der Waals surface area contributed by atoms with Crippen LogP contribution >= 0.6 is 0 Å². The molecule has 0 spiro atoms. The van der Waals surface area contributed by atoms with Crippen molar-refractivity contribution in [2.45, 2.75) is 31.7 Å². The third kappa shape index (κ3) is 2.98. The van der Waals surface area contributed by atoms with Gasteiger partial charge < -0.3 is 10.2 Å². The SMILES string of the molecule is O=C(CCc1ccccc1)N1CC2CCCNC2C1. The highest BCUT2D eigenvalue weighted by molar-refractivity contribution is 5.76. The summed E-state index contributed by atoms with van der Waals surface area (Å²) in [6.07, 6.45) is 4.04. The van der Waals surface area contributed by atoms with Crippen molar-refractivity contribution in [3.63, 3.8) is 0 Å². The van der Waals surface area contributed by atoms with E-state index in [1.54, 1.807) is 0 Å². The number of aryl methyl sites for hydroxylation is 1. The minimum atomic E-state index is 0.319. The van der Waals surface area contributed by atoms with Crippen LogP contribution in [0, 0.1) is 5.92 Å². The number of nitrogens with one attached hydrogen (secondary N) is 1. The monoisotopic (exact) mass is 258 g/mol. The van der Waals surface area contributed by atoms with E-state index >= 15 is 0 Å². The number of piperidine rings is 1. The molecule has 2 atom stereocenters. The van der Waals surface area contributed by atoms with Crippen LogP contribution in [0.4, 0.5) is 0 Å². The van der Waals surface area contributed by atoms with Gasteiger partial charge in [0.25, 0.3) is 0 Å². The summed E-state index contributed by atoms with van der Waals surface area (Å²) in [5.41, 5.74) is 1.26. The third-order valence-corrected chi connectivity index (χ3v) is 4.42. The van der Waals surface area contributed by atoms with Crippen molar-refractivity contribution in [3.8, 4) is 0 Å². The van der Waals surface area contributed by atoms with Gasteiger partial charge in [-0.25, -0.2) is 0 Å². The molecule has 3 heteroatoms. The van der Waals surface area contributed by atoms with Gasteiger partial charge in [-0.2, -0.15) is 0 Å². The van der Waals surface area contributed by atoms with Gasteiger partial charge in [-0.15, -0.1) is 0 Å².